The molecule has 0 atom stereocenters. The van der Waals surface area contributed by atoms with Gasteiger partial charge in [-0.2, -0.15) is 10.1 Å². The molecule has 0 saturated carbocycles. The number of nitrogens with one attached hydrogen (secondary N) is 2. The quantitative estimate of drug-likeness (QED) is 0.551. The number of benzene rings is 2. The highest BCUT2D eigenvalue weighted by Gasteiger charge is 2.15. The van der Waals surface area contributed by atoms with E-state index in [1.807, 2.05) is 30.3 Å². The zero-order valence-electron chi connectivity index (χ0n) is 16.0. The van der Waals surface area contributed by atoms with E-state index in [1.165, 1.54) is 11.1 Å². The minimum Gasteiger partial charge on any atom is -0.354 e. The lowest BCUT2D eigenvalue weighted by molar-refractivity contribution is 0.264. The van der Waals surface area contributed by atoms with Crippen molar-refractivity contribution < 1.29 is 0 Å². The van der Waals surface area contributed by atoms with Crippen LogP contribution in [0.15, 0.2) is 65.6 Å². The fourth-order valence-electron chi connectivity index (χ4n) is 3.84. The number of aromatic amines is 1. The first-order chi connectivity index (χ1) is 14.3. The molecule has 2 aromatic carbocycles. The predicted molar refractivity (Wildman–Crippen MR) is 113 cm³/mol. The summed E-state index contributed by atoms with van der Waals surface area (Å²) < 4.78 is 1.69. The van der Waals surface area contributed by atoms with Crippen LogP contribution < -0.4 is 10.9 Å². The maximum absolute atomic E-state index is 12.4. The molecule has 7 nitrogen and oxygen atoms in total. The Kier molecular flexibility index (Phi) is 4.57. The van der Waals surface area contributed by atoms with E-state index >= 15 is 0 Å². The summed E-state index contributed by atoms with van der Waals surface area (Å²) in [5.41, 5.74) is 4.08. The van der Waals surface area contributed by atoms with Crippen molar-refractivity contribution in [2.45, 2.75) is 13.0 Å². The zero-order valence-corrected chi connectivity index (χ0v) is 16.0. The minimum absolute atomic E-state index is 0.188. The van der Waals surface area contributed by atoms with Gasteiger partial charge >= 0.3 is 0 Å². The molecule has 0 spiro atoms. The van der Waals surface area contributed by atoms with Crippen LogP contribution in [0.4, 0.5) is 5.95 Å². The van der Waals surface area contributed by atoms with Crippen molar-refractivity contribution in [1.29, 1.82) is 0 Å². The number of anilines is 1. The van der Waals surface area contributed by atoms with Crippen LogP contribution in [-0.4, -0.2) is 44.3 Å². The number of para-hydroxylation sites is 1. The minimum atomic E-state index is -0.188. The van der Waals surface area contributed by atoms with Crippen LogP contribution in [0.2, 0.25) is 0 Å². The second-order valence-corrected chi connectivity index (χ2v) is 7.27. The Labute approximate surface area is 168 Å². The highest BCUT2D eigenvalue weighted by Crippen LogP contribution is 2.18. The SMILES string of the molecule is O=c1[nH]c(NCCN2CCc3ccccc3C2)nc2c1cnn2-c1ccccc1. The molecule has 0 fully saturated rings. The normalized spacial score (nSPS) is 14.1. The fraction of sp³-hybridized carbons (Fsp3) is 0.227. The number of nitrogens with zero attached hydrogens (tertiary/aromatic N) is 4. The second kappa shape index (κ2) is 7.52. The van der Waals surface area contributed by atoms with Crippen molar-refractivity contribution in [1.82, 2.24) is 24.6 Å². The molecule has 0 saturated heterocycles. The van der Waals surface area contributed by atoms with Crippen LogP contribution in [0.25, 0.3) is 16.7 Å². The molecule has 0 aliphatic carbocycles. The number of aromatic nitrogens is 4. The Balaban J connectivity index is 1.31. The lowest BCUT2D eigenvalue weighted by Gasteiger charge is -2.28. The molecule has 0 amide bonds. The Bertz CT molecular complexity index is 1200. The predicted octanol–water partition coefficient (Wildman–Crippen LogP) is 2.58. The lowest BCUT2D eigenvalue weighted by Crippen LogP contribution is -2.34. The van der Waals surface area contributed by atoms with E-state index in [1.54, 1.807) is 10.9 Å². The monoisotopic (exact) mass is 386 g/mol. The maximum atomic E-state index is 12.4. The third kappa shape index (κ3) is 3.52. The number of H-pyrrole nitrogens is 1. The van der Waals surface area contributed by atoms with Gasteiger partial charge in [-0.25, -0.2) is 4.68 Å². The third-order valence-corrected chi connectivity index (χ3v) is 5.37. The third-order valence-electron chi connectivity index (χ3n) is 5.37. The molecule has 1 aliphatic heterocycles. The van der Waals surface area contributed by atoms with E-state index in [0.717, 1.165) is 31.7 Å². The topological polar surface area (TPSA) is 78.8 Å². The van der Waals surface area contributed by atoms with Crippen LogP contribution in [-0.2, 0) is 13.0 Å². The van der Waals surface area contributed by atoms with Gasteiger partial charge in [-0.1, -0.05) is 42.5 Å². The van der Waals surface area contributed by atoms with Gasteiger partial charge in [-0.15, -0.1) is 0 Å². The molecule has 3 heterocycles. The van der Waals surface area contributed by atoms with Gasteiger partial charge in [-0.05, 0) is 29.7 Å². The highest BCUT2D eigenvalue weighted by molar-refractivity contribution is 5.76. The molecule has 146 valence electrons. The Morgan fingerprint density at radius 1 is 1.03 bits per heavy atom. The first-order valence-corrected chi connectivity index (χ1v) is 9.84. The summed E-state index contributed by atoms with van der Waals surface area (Å²) in [6.07, 6.45) is 2.64. The molecule has 0 unspecified atom stereocenters. The van der Waals surface area contributed by atoms with Crippen molar-refractivity contribution in [3.05, 3.63) is 82.3 Å². The molecule has 0 radical (unpaired) electrons. The Morgan fingerprint density at radius 2 is 1.83 bits per heavy atom. The molecule has 2 N–H and O–H groups in total. The van der Waals surface area contributed by atoms with Gasteiger partial charge in [0, 0.05) is 26.2 Å². The van der Waals surface area contributed by atoms with Crippen molar-refractivity contribution in [3.63, 3.8) is 0 Å². The Hall–Kier alpha value is -3.45. The summed E-state index contributed by atoms with van der Waals surface area (Å²) in [6.45, 7) is 3.59. The summed E-state index contributed by atoms with van der Waals surface area (Å²) >= 11 is 0. The van der Waals surface area contributed by atoms with Crippen LogP contribution in [0, 0.1) is 0 Å². The van der Waals surface area contributed by atoms with E-state index in [9.17, 15) is 4.79 Å². The van der Waals surface area contributed by atoms with Crippen LogP contribution in [0.3, 0.4) is 0 Å². The van der Waals surface area contributed by atoms with Gasteiger partial charge in [0.05, 0.1) is 11.9 Å². The van der Waals surface area contributed by atoms with Crippen LogP contribution >= 0.6 is 0 Å². The molecule has 2 aromatic heterocycles. The average molecular weight is 386 g/mol. The van der Waals surface area contributed by atoms with Crippen molar-refractivity contribution in [3.8, 4) is 5.69 Å². The number of rotatable bonds is 5. The standard InChI is InChI=1S/C22H22N6O/c29-21-19-14-24-28(18-8-2-1-3-9-18)20(19)25-22(26-21)23-11-13-27-12-10-16-6-4-5-7-17(16)15-27/h1-9,14H,10-13,15H2,(H2,23,25,26,29). The number of hydrogen-bond acceptors (Lipinski definition) is 5. The second-order valence-electron chi connectivity index (χ2n) is 7.27. The summed E-state index contributed by atoms with van der Waals surface area (Å²) in [6, 6.07) is 18.3. The van der Waals surface area contributed by atoms with E-state index in [2.05, 4.69) is 49.5 Å². The maximum Gasteiger partial charge on any atom is 0.263 e. The first kappa shape index (κ1) is 17.6. The van der Waals surface area contributed by atoms with E-state index in [0.29, 0.717) is 23.5 Å². The van der Waals surface area contributed by atoms with Crippen LogP contribution in [0.1, 0.15) is 11.1 Å². The molecule has 29 heavy (non-hydrogen) atoms. The molecule has 1 aliphatic rings. The summed E-state index contributed by atoms with van der Waals surface area (Å²) in [5.74, 6) is 0.470. The largest absolute Gasteiger partial charge is 0.354 e. The number of fused-ring (bicyclic) bond motifs is 2. The molecule has 0 bridgehead atoms. The zero-order chi connectivity index (χ0) is 19.6. The Morgan fingerprint density at radius 3 is 2.69 bits per heavy atom. The molecular weight excluding hydrogens is 364 g/mol. The fourth-order valence-corrected chi connectivity index (χ4v) is 3.84. The summed E-state index contributed by atoms with van der Waals surface area (Å²) in [4.78, 5) is 22.3. The summed E-state index contributed by atoms with van der Waals surface area (Å²) in [5, 5.41) is 8.09. The van der Waals surface area contributed by atoms with E-state index < -0.39 is 0 Å². The van der Waals surface area contributed by atoms with Gasteiger partial charge in [-0.3, -0.25) is 14.7 Å². The number of hydrogen-bond donors (Lipinski definition) is 2. The smallest absolute Gasteiger partial charge is 0.263 e. The van der Waals surface area contributed by atoms with Crippen molar-refractivity contribution >= 4 is 17.0 Å². The van der Waals surface area contributed by atoms with Gasteiger partial charge in [0.1, 0.15) is 5.39 Å². The highest BCUT2D eigenvalue weighted by atomic mass is 16.1. The summed E-state index contributed by atoms with van der Waals surface area (Å²) in [7, 11) is 0. The van der Waals surface area contributed by atoms with Crippen LogP contribution in [0.5, 0.6) is 0 Å². The molecule has 5 rings (SSSR count). The van der Waals surface area contributed by atoms with E-state index in [-0.39, 0.29) is 5.56 Å². The van der Waals surface area contributed by atoms with Crippen molar-refractivity contribution in [2.75, 3.05) is 25.0 Å². The van der Waals surface area contributed by atoms with E-state index in [4.69, 9.17) is 0 Å². The average Bonchev–Trinajstić information content (AvgIpc) is 3.19. The van der Waals surface area contributed by atoms with Crippen molar-refractivity contribution in [2.24, 2.45) is 0 Å². The molecular formula is C22H22N6O. The molecule has 4 aromatic rings. The first-order valence-electron chi connectivity index (χ1n) is 9.84. The molecule has 7 heteroatoms. The van der Waals surface area contributed by atoms with Gasteiger partial charge in [0.15, 0.2) is 5.65 Å². The van der Waals surface area contributed by atoms with Gasteiger partial charge < -0.3 is 5.32 Å². The van der Waals surface area contributed by atoms with Gasteiger partial charge in [0.2, 0.25) is 5.95 Å². The van der Waals surface area contributed by atoms with Gasteiger partial charge in [0.25, 0.3) is 5.56 Å². The lowest BCUT2D eigenvalue weighted by atomic mass is 10.00.